The Hall–Kier alpha value is -2.36. The molecule has 1 aliphatic rings. The van der Waals surface area contributed by atoms with Gasteiger partial charge in [-0.2, -0.15) is 5.12 Å². The van der Waals surface area contributed by atoms with E-state index in [4.69, 9.17) is 0 Å². The zero-order chi connectivity index (χ0) is 20.0. The number of fused-ring (bicyclic) bond motifs is 1. The molecule has 1 heterocycles. The average Bonchev–Trinajstić information content (AvgIpc) is 2.98. The lowest BCUT2D eigenvalue weighted by molar-refractivity contribution is 0.425. The fourth-order valence-corrected chi connectivity index (χ4v) is 3.45. The zero-order valence-corrected chi connectivity index (χ0v) is 17.7. The van der Waals surface area contributed by atoms with Gasteiger partial charge in [-0.05, 0) is 47.4 Å². The van der Waals surface area contributed by atoms with Crippen LogP contribution in [-0.4, -0.2) is 12.2 Å². The average molecular weight is 368 g/mol. The van der Waals surface area contributed by atoms with Crippen molar-refractivity contribution in [1.29, 1.82) is 0 Å². The summed E-state index contributed by atoms with van der Waals surface area (Å²) in [5.41, 5.74) is 8.54. The number of nitrogens with zero attached hydrogens (tertiary/aromatic N) is 2. The molecule has 1 aliphatic heterocycles. The van der Waals surface area contributed by atoms with Crippen LogP contribution in [0.4, 0.5) is 17.1 Å². The van der Waals surface area contributed by atoms with Gasteiger partial charge in [0, 0.05) is 12.6 Å². The van der Waals surface area contributed by atoms with Crippen LogP contribution in [0.2, 0.25) is 0 Å². The zero-order valence-electron chi connectivity index (χ0n) is 17.7. The number of aromatic hydroxyl groups is 1. The van der Waals surface area contributed by atoms with Crippen LogP contribution in [-0.2, 0) is 10.8 Å². The summed E-state index contributed by atoms with van der Waals surface area (Å²) >= 11 is 0. The second kappa shape index (κ2) is 6.66. The second-order valence-corrected chi connectivity index (χ2v) is 8.83. The molecule has 2 N–H and O–H groups in total. The first-order chi connectivity index (χ1) is 12.6. The van der Waals surface area contributed by atoms with E-state index in [9.17, 15) is 5.11 Å². The third-order valence-electron chi connectivity index (χ3n) is 6.38. The van der Waals surface area contributed by atoms with Crippen molar-refractivity contribution < 1.29 is 5.11 Å². The number of phenolic OH excluding ortho intramolecular Hbond substituents is 1. The summed E-state index contributed by atoms with van der Waals surface area (Å²) in [5, 5.41) is 15.3. The maximum absolute atomic E-state index is 11.3. The van der Waals surface area contributed by atoms with Gasteiger partial charge in [0.1, 0.15) is 11.4 Å². The van der Waals surface area contributed by atoms with Gasteiger partial charge in [-0.25, -0.2) is 0 Å². The lowest BCUT2D eigenvalue weighted by Crippen LogP contribution is -2.39. The molecule has 3 rings (SSSR count). The SMILES string of the molecule is CCC(C)(C)c1cc(N2Nc3ccccc3N2C)c(O)c(C(C)(C)CC)c1. The van der Waals surface area contributed by atoms with Crippen molar-refractivity contribution in [3.05, 3.63) is 47.5 Å². The quantitative estimate of drug-likeness (QED) is 0.683. The molecule has 2 aromatic carbocycles. The molecule has 0 bridgehead atoms. The molecule has 0 saturated carbocycles. The molecule has 146 valence electrons. The monoisotopic (exact) mass is 367 g/mol. The van der Waals surface area contributed by atoms with E-state index in [0.717, 1.165) is 35.5 Å². The molecule has 0 aliphatic carbocycles. The van der Waals surface area contributed by atoms with Crippen LogP contribution in [0.1, 0.15) is 65.5 Å². The first-order valence-corrected chi connectivity index (χ1v) is 9.90. The third kappa shape index (κ3) is 3.22. The highest BCUT2D eigenvalue weighted by atomic mass is 16.3. The Kier molecular flexibility index (Phi) is 4.79. The summed E-state index contributed by atoms with van der Waals surface area (Å²) in [4.78, 5) is 0. The number of hydrazine groups is 2. The minimum atomic E-state index is -0.107. The van der Waals surface area contributed by atoms with Gasteiger partial charge in [0.15, 0.2) is 0 Å². The summed E-state index contributed by atoms with van der Waals surface area (Å²) < 4.78 is 0. The molecular formula is C23H33N3O. The van der Waals surface area contributed by atoms with E-state index >= 15 is 0 Å². The van der Waals surface area contributed by atoms with Gasteiger partial charge in [0.2, 0.25) is 0 Å². The van der Waals surface area contributed by atoms with Gasteiger partial charge in [0.25, 0.3) is 0 Å². The maximum Gasteiger partial charge on any atom is 0.146 e. The lowest BCUT2D eigenvalue weighted by Gasteiger charge is -2.34. The van der Waals surface area contributed by atoms with Crippen LogP contribution in [0.5, 0.6) is 5.75 Å². The smallest absolute Gasteiger partial charge is 0.146 e. The third-order valence-corrected chi connectivity index (χ3v) is 6.38. The minimum Gasteiger partial charge on any atom is -0.505 e. The van der Waals surface area contributed by atoms with Gasteiger partial charge >= 0.3 is 0 Å². The van der Waals surface area contributed by atoms with E-state index in [1.54, 1.807) is 0 Å². The van der Waals surface area contributed by atoms with Crippen molar-refractivity contribution in [2.45, 2.75) is 65.2 Å². The Morgan fingerprint density at radius 1 is 0.926 bits per heavy atom. The second-order valence-electron chi connectivity index (χ2n) is 8.83. The summed E-state index contributed by atoms with van der Waals surface area (Å²) in [5.74, 6) is 0.352. The Balaban J connectivity index is 2.18. The van der Waals surface area contributed by atoms with Gasteiger partial charge in [0.05, 0.1) is 11.4 Å². The molecule has 4 nitrogen and oxygen atoms in total. The van der Waals surface area contributed by atoms with Crippen molar-refractivity contribution in [3.8, 4) is 5.75 Å². The van der Waals surface area contributed by atoms with Crippen LogP contribution >= 0.6 is 0 Å². The minimum absolute atomic E-state index is 0.0339. The van der Waals surface area contributed by atoms with E-state index < -0.39 is 0 Å². The largest absolute Gasteiger partial charge is 0.505 e. The highest BCUT2D eigenvalue weighted by Crippen LogP contribution is 2.46. The van der Waals surface area contributed by atoms with Crippen LogP contribution in [0.3, 0.4) is 0 Å². The number of nitrogens with one attached hydrogen (secondary N) is 1. The predicted octanol–water partition coefficient (Wildman–Crippen LogP) is 5.97. The molecule has 0 amide bonds. The Morgan fingerprint density at radius 2 is 1.56 bits per heavy atom. The van der Waals surface area contributed by atoms with Crippen LogP contribution < -0.4 is 15.6 Å². The van der Waals surface area contributed by atoms with Crippen molar-refractivity contribution in [3.63, 3.8) is 0 Å². The molecule has 0 radical (unpaired) electrons. The van der Waals surface area contributed by atoms with E-state index in [1.807, 2.05) is 24.3 Å². The highest BCUT2D eigenvalue weighted by Gasteiger charge is 2.32. The number of para-hydroxylation sites is 2. The number of benzene rings is 2. The molecule has 27 heavy (non-hydrogen) atoms. The van der Waals surface area contributed by atoms with Gasteiger partial charge in [-0.3, -0.25) is 10.4 Å². The van der Waals surface area contributed by atoms with E-state index in [-0.39, 0.29) is 10.8 Å². The normalized spacial score (nSPS) is 14.3. The molecule has 4 heteroatoms. The van der Waals surface area contributed by atoms with Crippen LogP contribution in [0.15, 0.2) is 36.4 Å². The summed E-state index contributed by atoms with van der Waals surface area (Å²) in [7, 11) is 2.01. The molecule has 0 fully saturated rings. The molecule has 0 spiro atoms. The molecule has 0 atom stereocenters. The van der Waals surface area contributed by atoms with Gasteiger partial charge in [-0.15, -0.1) is 0 Å². The molecule has 0 aromatic heterocycles. The van der Waals surface area contributed by atoms with E-state index in [1.165, 1.54) is 5.56 Å². The van der Waals surface area contributed by atoms with Crippen molar-refractivity contribution >= 4 is 17.1 Å². The molecule has 0 unspecified atom stereocenters. The Bertz CT molecular complexity index is 842. The van der Waals surface area contributed by atoms with Crippen molar-refractivity contribution in [2.75, 3.05) is 22.6 Å². The van der Waals surface area contributed by atoms with Crippen molar-refractivity contribution in [1.82, 2.24) is 0 Å². The molecule has 0 saturated heterocycles. The standard InChI is InChI=1S/C23H33N3O/c1-8-22(3,4)16-14-17(23(5,6)9-2)21(27)20(15-16)26-24-18-12-10-11-13-19(18)25(26)7/h10-15,24,27H,8-9H2,1-7H3. The molecule has 2 aromatic rings. The van der Waals surface area contributed by atoms with Gasteiger partial charge in [-0.1, -0.05) is 59.7 Å². The maximum atomic E-state index is 11.3. The summed E-state index contributed by atoms with van der Waals surface area (Å²) in [6.07, 6.45) is 1.99. The topological polar surface area (TPSA) is 38.7 Å². The molecular weight excluding hydrogens is 334 g/mol. The number of hydrogen-bond donors (Lipinski definition) is 2. The van der Waals surface area contributed by atoms with Gasteiger partial charge < -0.3 is 5.11 Å². The number of hydrogen-bond acceptors (Lipinski definition) is 4. The summed E-state index contributed by atoms with van der Waals surface area (Å²) in [6, 6.07) is 12.5. The fourth-order valence-electron chi connectivity index (χ4n) is 3.45. The van der Waals surface area contributed by atoms with Crippen LogP contribution in [0, 0.1) is 0 Å². The first kappa shape index (κ1) is 19.4. The Morgan fingerprint density at radius 3 is 2.15 bits per heavy atom. The highest BCUT2D eigenvalue weighted by molar-refractivity contribution is 5.82. The number of rotatable bonds is 5. The lowest BCUT2D eigenvalue weighted by atomic mass is 9.76. The fraction of sp³-hybridized carbons (Fsp3) is 0.478. The first-order valence-electron chi connectivity index (χ1n) is 9.90. The van der Waals surface area contributed by atoms with Crippen LogP contribution in [0.25, 0.3) is 0 Å². The number of phenols is 1. The van der Waals surface area contributed by atoms with E-state index in [2.05, 4.69) is 76.2 Å². The summed E-state index contributed by atoms with van der Waals surface area (Å²) in [6.45, 7) is 13.3. The predicted molar refractivity (Wildman–Crippen MR) is 116 cm³/mol. The Labute approximate surface area is 163 Å². The van der Waals surface area contributed by atoms with Crippen molar-refractivity contribution in [2.24, 2.45) is 0 Å². The number of anilines is 3. The van der Waals surface area contributed by atoms with E-state index in [0.29, 0.717) is 5.75 Å².